The summed E-state index contributed by atoms with van der Waals surface area (Å²) in [5.74, 6) is 1.26. The van der Waals surface area contributed by atoms with Gasteiger partial charge >= 0.3 is 0 Å². The fraction of sp³-hybridized carbons (Fsp3) is 0.444. The molecule has 14 heavy (non-hydrogen) atoms. The van der Waals surface area contributed by atoms with Gasteiger partial charge in [-0.3, -0.25) is 0 Å². The van der Waals surface area contributed by atoms with Crippen molar-refractivity contribution in [3.05, 3.63) is 16.6 Å². The van der Waals surface area contributed by atoms with Crippen molar-refractivity contribution in [1.29, 1.82) is 0 Å². The molecule has 5 heteroatoms. The summed E-state index contributed by atoms with van der Waals surface area (Å²) in [4.78, 5) is 5.29. The molecule has 4 nitrogen and oxygen atoms in total. The van der Waals surface area contributed by atoms with Crippen molar-refractivity contribution in [1.82, 2.24) is 15.2 Å². The minimum absolute atomic E-state index is 0.588. The number of hydrogen-bond acceptors (Lipinski definition) is 5. The van der Waals surface area contributed by atoms with Crippen molar-refractivity contribution < 1.29 is 4.42 Å². The molecule has 0 N–H and O–H groups in total. The van der Waals surface area contributed by atoms with Gasteiger partial charge in [-0.25, -0.2) is 4.98 Å². The van der Waals surface area contributed by atoms with Crippen molar-refractivity contribution in [3.8, 4) is 10.8 Å². The summed E-state index contributed by atoms with van der Waals surface area (Å²) in [5, 5.41) is 8.93. The average Bonchev–Trinajstić information content (AvgIpc) is 2.71. The summed E-state index contributed by atoms with van der Waals surface area (Å²) >= 11 is 1.58. The van der Waals surface area contributed by atoms with Crippen molar-refractivity contribution in [2.24, 2.45) is 0 Å². The maximum atomic E-state index is 5.46. The van der Waals surface area contributed by atoms with Gasteiger partial charge in [0.05, 0.1) is 10.7 Å². The molecular formula is C9H11N3OS. The Labute approximate surface area is 86.0 Å². The molecule has 2 aromatic rings. The van der Waals surface area contributed by atoms with E-state index in [1.54, 1.807) is 11.3 Å². The molecule has 0 spiro atoms. The van der Waals surface area contributed by atoms with Crippen molar-refractivity contribution >= 4 is 11.3 Å². The molecule has 2 aromatic heterocycles. The van der Waals surface area contributed by atoms with Gasteiger partial charge in [0.15, 0.2) is 0 Å². The minimum atomic E-state index is 0.588. The molecule has 0 unspecified atom stereocenters. The third-order valence-corrected chi connectivity index (χ3v) is 2.93. The van der Waals surface area contributed by atoms with Gasteiger partial charge in [0.1, 0.15) is 4.88 Å². The SMILES string of the molecule is CCc1nnc(-c2sc(C)nc2C)o1. The van der Waals surface area contributed by atoms with Crippen molar-refractivity contribution in [2.75, 3.05) is 0 Å². The van der Waals surface area contributed by atoms with Gasteiger partial charge < -0.3 is 4.42 Å². The van der Waals surface area contributed by atoms with Gasteiger partial charge in [-0.15, -0.1) is 21.5 Å². The predicted molar refractivity (Wildman–Crippen MR) is 54.3 cm³/mol. The molecular weight excluding hydrogens is 198 g/mol. The number of aromatic nitrogens is 3. The molecule has 0 aliphatic rings. The molecule has 0 bridgehead atoms. The van der Waals surface area contributed by atoms with Crippen molar-refractivity contribution in [2.45, 2.75) is 27.2 Å². The quantitative estimate of drug-likeness (QED) is 0.762. The van der Waals surface area contributed by atoms with E-state index >= 15 is 0 Å². The van der Waals surface area contributed by atoms with Crippen LogP contribution in [0.1, 0.15) is 23.5 Å². The number of hydrogen-bond donors (Lipinski definition) is 0. The Hall–Kier alpha value is -1.23. The molecule has 0 saturated carbocycles. The van der Waals surface area contributed by atoms with Gasteiger partial charge in [-0.05, 0) is 13.8 Å². The van der Waals surface area contributed by atoms with E-state index in [1.807, 2.05) is 20.8 Å². The van der Waals surface area contributed by atoms with Crippen LogP contribution < -0.4 is 0 Å². The van der Waals surface area contributed by atoms with E-state index in [0.717, 1.165) is 22.0 Å². The summed E-state index contributed by atoms with van der Waals surface area (Å²) < 4.78 is 5.46. The topological polar surface area (TPSA) is 51.8 Å². The van der Waals surface area contributed by atoms with Crippen LogP contribution in [0.3, 0.4) is 0 Å². The summed E-state index contributed by atoms with van der Waals surface area (Å²) in [6.45, 7) is 5.91. The van der Waals surface area contributed by atoms with Crippen LogP contribution in [0.25, 0.3) is 10.8 Å². The van der Waals surface area contributed by atoms with Crippen LogP contribution in [0.4, 0.5) is 0 Å². The van der Waals surface area contributed by atoms with Crippen LogP contribution in [-0.2, 0) is 6.42 Å². The number of thiazole rings is 1. The summed E-state index contributed by atoms with van der Waals surface area (Å²) in [5.41, 5.74) is 0.957. The first-order valence-electron chi connectivity index (χ1n) is 4.47. The smallest absolute Gasteiger partial charge is 0.259 e. The zero-order chi connectivity index (χ0) is 10.1. The summed E-state index contributed by atoms with van der Waals surface area (Å²) in [6.07, 6.45) is 0.768. The second-order valence-corrected chi connectivity index (χ2v) is 4.21. The molecule has 0 aliphatic carbocycles. The van der Waals surface area contributed by atoms with Crippen LogP contribution in [0.2, 0.25) is 0 Å². The summed E-state index contributed by atoms with van der Waals surface area (Å²) in [6, 6.07) is 0. The molecule has 0 amide bonds. The lowest BCUT2D eigenvalue weighted by atomic mass is 10.4. The standard InChI is InChI=1S/C9H11N3OS/c1-4-7-11-12-9(13-7)8-5(2)10-6(3)14-8/h4H2,1-3H3. The van der Waals surface area contributed by atoms with Gasteiger partial charge in [-0.2, -0.15) is 0 Å². The van der Waals surface area contributed by atoms with Crippen LogP contribution in [0.15, 0.2) is 4.42 Å². The maximum Gasteiger partial charge on any atom is 0.259 e. The largest absolute Gasteiger partial charge is 0.420 e. The third kappa shape index (κ3) is 1.55. The fourth-order valence-electron chi connectivity index (χ4n) is 1.22. The molecule has 2 rings (SSSR count). The predicted octanol–water partition coefficient (Wildman–Crippen LogP) is 2.37. The van der Waals surface area contributed by atoms with Crippen LogP contribution >= 0.6 is 11.3 Å². The molecule has 0 aromatic carbocycles. The highest BCUT2D eigenvalue weighted by Gasteiger charge is 2.13. The highest BCUT2D eigenvalue weighted by molar-refractivity contribution is 7.15. The first kappa shape index (κ1) is 9.33. The molecule has 0 radical (unpaired) electrons. The van der Waals surface area contributed by atoms with E-state index in [-0.39, 0.29) is 0 Å². The molecule has 0 atom stereocenters. The Balaban J connectivity index is 2.43. The number of nitrogens with zero attached hydrogens (tertiary/aromatic N) is 3. The van der Waals surface area contributed by atoms with E-state index in [1.165, 1.54) is 0 Å². The zero-order valence-electron chi connectivity index (χ0n) is 8.37. The van der Waals surface area contributed by atoms with E-state index in [2.05, 4.69) is 15.2 Å². The first-order chi connectivity index (χ1) is 6.70. The van der Waals surface area contributed by atoms with E-state index in [4.69, 9.17) is 4.42 Å². The minimum Gasteiger partial charge on any atom is -0.420 e. The van der Waals surface area contributed by atoms with E-state index in [9.17, 15) is 0 Å². The first-order valence-corrected chi connectivity index (χ1v) is 5.29. The molecule has 0 aliphatic heterocycles. The van der Waals surface area contributed by atoms with E-state index < -0.39 is 0 Å². The lowest BCUT2D eigenvalue weighted by Crippen LogP contribution is -1.77. The normalized spacial score (nSPS) is 10.8. The second-order valence-electron chi connectivity index (χ2n) is 3.00. The Morgan fingerprint density at radius 1 is 1.29 bits per heavy atom. The van der Waals surface area contributed by atoms with Gasteiger partial charge in [0, 0.05) is 6.42 Å². The molecule has 74 valence electrons. The second kappa shape index (κ2) is 3.49. The average molecular weight is 209 g/mol. The van der Waals surface area contributed by atoms with Gasteiger partial charge in [0.2, 0.25) is 5.89 Å². The molecule has 0 saturated heterocycles. The number of aryl methyl sites for hydroxylation is 3. The lowest BCUT2D eigenvalue weighted by molar-refractivity contribution is 0.513. The highest BCUT2D eigenvalue weighted by Crippen LogP contribution is 2.28. The highest BCUT2D eigenvalue weighted by atomic mass is 32.1. The summed E-state index contributed by atoms with van der Waals surface area (Å²) in [7, 11) is 0. The van der Waals surface area contributed by atoms with Crippen LogP contribution in [0.5, 0.6) is 0 Å². The van der Waals surface area contributed by atoms with Crippen LogP contribution in [0, 0.1) is 13.8 Å². The van der Waals surface area contributed by atoms with Gasteiger partial charge in [-0.1, -0.05) is 6.92 Å². The third-order valence-electron chi connectivity index (χ3n) is 1.87. The molecule has 2 heterocycles. The molecule has 0 fully saturated rings. The monoisotopic (exact) mass is 209 g/mol. The fourth-order valence-corrected chi connectivity index (χ4v) is 2.06. The lowest BCUT2D eigenvalue weighted by Gasteiger charge is -1.88. The maximum absolute atomic E-state index is 5.46. The number of rotatable bonds is 2. The Morgan fingerprint density at radius 3 is 2.57 bits per heavy atom. The Morgan fingerprint density at radius 2 is 2.07 bits per heavy atom. The van der Waals surface area contributed by atoms with Crippen molar-refractivity contribution in [3.63, 3.8) is 0 Å². The van der Waals surface area contributed by atoms with Gasteiger partial charge in [0.25, 0.3) is 5.89 Å². The van der Waals surface area contributed by atoms with E-state index in [0.29, 0.717) is 11.8 Å². The van der Waals surface area contributed by atoms with Crippen LogP contribution in [-0.4, -0.2) is 15.2 Å². The Bertz CT molecular complexity index is 447. The zero-order valence-corrected chi connectivity index (χ0v) is 9.18. The Kier molecular flexibility index (Phi) is 2.33.